The van der Waals surface area contributed by atoms with E-state index in [4.69, 9.17) is 9.98 Å². The predicted molar refractivity (Wildman–Crippen MR) is 226 cm³/mol. The van der Waals surface area contributed by atoms with E-state index in [0.717, 1.165) is 50.3 Å². The molecule has 1 atom stereocenters. The van der Waals surface area contributed by atoms with Crippen LogP contribution < -0.4 is 10.6 Å². The molecular formula is C46H38N5P. The Bertz CT molecular complexity index is 2620. The third-order valence-corrected chi connectivity index (χ3v) is 10.3. The highest BCUT2D eigenvalue weighted by Gasteiger charge is 2.17. The molecule has 1 unspecified atom stereocenters. The predicted octanol–water partition coefficient (Wildman–Crippen LogP) is 11.0. The summed E-state index contributed by atoms with van der Waals surface area (Å²) < 4.78 is 2.38. The van der Waals surface area contributed by atoms with Gasteiger partial charge in [0.05, 0.1) is 17.6 Å². The summed E-state index contributed by atoms with van der Waals surface area (Å²) in [7, 11) is 0.658. The normalized spacial score (nSPS) is 12.3. The van der Waals surface area contributed by atoms with Crippen LogP contribution >= 0.6 is 8.58 Å². The van der Waals surface area contributed by atoms with Crippen LogP contribution in [-0.2, 0) is 6.54 Å². The third kappa shape index (κ3) is 6.67. The van der Waals surface area contributed by atoms with Crippen LogP contribution in [-0.4, -0.2) is 29.6 Å². The minimum atomic E-state index is 0.489. The van der Waals surface area contributed by atoms with Crippen molar-refractivity contribution in [3.8, 4) is 5.69 Å². The second-order valence-electron chi connectivity index (χ2n) is 12.9. The number of nitrogens with zero attached hydrogens (tertiary/aromatic N) is 4. The van der Waals surface area contributed by atoms with Gasteiger partial charge in [0.1, 0.15) is 0 Å². The van der Waals surface area contributed by atoms with Gasteiger partial charge in [-0.25, -0.2) is 9.98 Å². The van der Waals surface area contributed by atoms with Crippen molar-refractivity contribution in [3.63, 3.8) is 0 Å². The molecule has 52 heavy (non-hydrogen) atoms. The Morgan fingerprint density at radius 2 is 1.35 bits per heavy atom. The fourth-order valence-corrected chi connectivity index (χ4v) is 7.57. The van der Waals surface area contributed by atoms with Crippen LogP contribution in [0.25, 0.3) is 38.3 Å². The number of aliphatic imine (C=N–C) groups is 3. The maximum Gasteiger partial charge on any atom is 0.161 e. The number of benzene rings is 7. The van der Waals surface area contributed by atoms with Crippen LogP contribution in [0, 0.1) is 6.92 Å². The molecule has 0 radical (unpaired) electrons. The van der Waals surface area contributed by atoms with Crippen LogP contribution in [0.2, 0.25) is 0 Å². The van der Waals surface area contributed by atoms with Crippen molar-refractivity contribution >= 4 is 76.2 Å². The Kier molecular flexibility index (Phi) is 9.27. The van der Waals surface area contributed by atoms with Gasteiger partial charge in [-0.15, -0.1) is 0 Å². The van der Waals surface area contributed by atoms with Gasteiger partial charge >= 0.3 is 0 Å². The third-order valence-electron chi connectivity index (χ3n) is 9.32. The van der Waals surface area contributed by atoms with E-state index in [9.17, 15) is 0 Å². The van der Waals surface area contributed by atoms with Crippen molar-refractivity contribution in [2.24, 2.45) is 15.0 Å². The molecule has 0 saturated heterocycles. The van der Waals surface area contributed by atoms with Crippen LogP contribution in [0.4, 0.5) is 11.4 Å². The molecule has 0 aliphatic rings. The molecule has 0 fully saturated rings. The SMILES string of the molecule is C=NC(=NC(=NCc1ccccc1)c1cc(C)cc(-n2c3ccccc3c3cc4cc(PC)c(Nc5ccccc5)cc4cc32)c1)c1ccccc1. The number of fused-ring (bicyclic) bond motifs is 4. The highest BCUT2D eigenvalue weighted by molar-refractivity contribution is 7.46. The smallest absolute Gasteiger partial charge is 0.161 e. The maximum absolute atomic E-state index is 5.09. The minimum absolute atomic E-state index is 0.489. The Morgan fingerprint density at radius 1 is 0.654 bits per heavy atom. The first-order valence-corrected chi connectivity index (χ1v) is 18.9. The largest absolute Gasteiger partial charge is 0.355 e. The zero-order chi connectivity index (χ0) is 35.4. The van der Waals surface area contributed by atoms with Crippen molar-refractivity contribution in [2.45, 2.75) is 13.5 Å². The Hall–Kier alpha value is -6.16. The number of aryl methyl sites for hydroxylation is 1. The van der Waals surface area contributed by atoms with Gasteiger partial charge < -0.3 is 9.88 Å². The van der Waals surface area contributed by atoms with Crippen LogP contribution in [0.15, 0.2) is 173 Å². The number of aromatic nitrogens is 1. The summed E-state index contributed by atoms with van der Waals surface area (Å²) in [5.74, 6) is 1.14. The molecule has 0 aliphatic carbocycles. The average molecular weight is 692 g/mol. The lowest BCUT2D eigenvalue weighted by Crippen LogP contribution is -2.07. The zero-order valence-electron chi connectivity index (χ0n) is 29.2. The number of para-hydroxylation sites is 2. The van der Waals surface area contributed by atoms with Crippen LogP contribution in [0.3, 0.4) is 0 Å². The van der Waals surface area contributed by atoms with Gasteiger partial charge in [0, 0.05) is 39.0 Å². The molecule has 1 aromatic heterocycles. The van der Waals surface area contributed by atoms with Crippen LogP contribution in [0.1, 0.15) is 22.3 Å². The van der Waals surface area contributed by atoms with Gasteiger partial charge in [-0.05, 0) is 108 Å². The van der Waals surface area contributed by atoms with Crippen molar-refractivity contribution in [3.05, 3.63) is 180 Å². The summed E-state index contributed by atoms with van der Waals surface area (Å²) >= 11 is 0. The first kappa shape index (κ1) is 33.0. The molecule has 1 N–H and O–H groups in total. The van der Waals surface area contributed by atoms with Gasteiger partial charge in [0.25, 0.3) is 0 Å². The molecule has 0 aliphatic heterocycles. The van der Waals surface area contributed by atoms with Gasteiger partial charge in [0.15, 0.2) is 11.7 Å². The number of hydrogen-bond acceptors (Lipinski definition) is 2. The lowest BCUT2D eigenvalue weighted by molar-refractivity contribution is 1.06. The zero-order valence-corrected chi connectivity index (χ0v) is 30.2. The summed E-state index contributed by atoms with van der Waals surface area (Å²) in [6, 6.07) is 55.2. The van der Waals surface area contributed by atoms with E-state index in [1.165, 1.54) is 26.8 Å². The van der Waals surface area contributed by atoms with Gasteiger partial charge in [-0.1, -0.05) is 106 Å². The molecule has 7 aromatic carbocycles. The second kappa shape index (κ2) is 14.6. The quantitative estimate of drug-likeness (QED) is 0.0962. The first-order valence-electron chi connectivity index (χ1n) is 17.4. The molecule has 1 heterocycles. The number of nitrogens with one attached hydrogen (secondary N) is 1. The van der Waals surface area contributed by atoms with E-state index in [-0.39, 0.29) is 0 Å². The van der Waals surface area contributed by atoms with Crippen molar-refractivity contribution < 1.29 is 0 Å². The Morgan fingerprint density at radius 3 is 2.10 bits per heavy atom. The molecule has 0 bridgehead atoms. The van der Waals surface area contributed by atoms with Gasteiger partial charge in [-0.2, -0.15) is 0 Å². The molecule has 6 heteroatoms. The fourth-order valence-electron chi connectivity index (χ4n) is 6.87. The molecule has 0 saturated carbocycles. The Labute approximate surface area is 305 Å². The van der Waals surface area contributed by atoms with E-state index in [1.807, 2.05) is 54.6 Å². The van der Waals surface area contributed by atoms with E-state index in [2.05, 4.69) is 138 Å². The van der Waals surface area contributed by atoms with Crippen molar-refractivity contribution in [1.29, 1.82) is 0 Å². The average Bonchev–Trinajstić information content (AvgIpc) is 3.50. The Balaban J connectivity index is 1.31. The minimum Gasteiger partial charge on any atom is -0.355 e. The standard InChI is InChI=1S/C46H38N5P/c1-31-23-36(46(48-30-32-15-7-4-8-16-32)50-45(47-2)33-17-9-5-10-18-33)25-38(24-31)51-42-22-14-13-21-39(42)40-26-34-29-44(52-3)41(27-35(34)28-43(40)51)49-37-19-11-6-12-20-37/h4-29,49,52H,2,30H2,1,3H3. The van der Waals surface area contributed by atoms with Crippen molar-refractivity contribution in [1.82, 2.24) is 4.57 Å². The molecule has 0 amide bonds. The number of rotatable bonds is 8. The lowest BCUT2D eigenvalue weighted by atomic mass is 10.0. The lowest BCUT2D eigenvalue weighted by Gasteiger charge is -2.15. The highest BCUT2D eigenvalue weighted by Crippen LogP contribution is 2.36. The topological polar surface area (TPSA) is 54.0 Å². The van der Waals surface area contributed by atoms with Crippen LogP contribution in [0.5, 0.6) is 0 Å². The highest BCUT2D eigenvalue weighted by atomic mass is 31.1. The monoisotopic (exact) mass is 691 g/mol. The van der Waals surface area contributed by atoms with Gasteiger partial charge in [0.2, 0.25) is 0 Å². The molecule has 8 aromatic rings. The van der Waals surface area contributed by atoms with Crippen molar-refractivity contribution in [2.75, 3.05) is 12.0 Å². The summed E-state index contributed by atoms with van der Waals surface area (Å²) in [5.41, 5.74) is 9.58. The van der Waals surface area contributed by atoms with E-state index in [0.29, 0.717) is 26.8 Å². The molecular weight excluding hydrogens is 654 g/mol. The van der Waals surface area contributed by atoms with E-state index < -0.39 is 0 Å². The maximum atomic E-state index is 5.09. The first-order chi connectivity index (χ1) is 25.6. The van der Waals surface area contributed by atoms with E-state index in [1.54, 1.807) is 0 Å². The second-order valence-corrected chi connectivity index (χ2v) is 13.9. The molecule has 252 valence electrons. The molecule has 8 rings (SSSR count). The summed E-state index contributed by atoms with van der Waals surface area (Å²) in [4.78, 5) is 14.5. The number of amidine groups is 2. The summed E-state index contributed by atoms with van der Waals surface area (Å²) in [6.07, 6.45) is 0. The molecule has 5 nitrogen and oxygen atoms in total. The number of hydrogen-bond donors (Lipinski definition) is 1. The molecule has 0 spiro atoms. The fraction of sp³-hybridized carbons (Fsp3) is 0.0652. The summed E-state index contributed by atoms with van der Waals surface area (Å²) in [6.45, 7) is 8.73. The summed E-state index contributed by atoms with van der Waals surface area (Å²) in [5, 5.41) is 9.85. The van der Waals surface area contributed by atoms with E-state index >= 15 is 0 Å². The van der Waals surface area contributed by atoms with Gasteiger partial charge in [-0.3, -0.25) is 4.99 Å². The number of anilines is 2.